The second-order valence-electron chi connectivity index (χ2n) is 8.88. The lowest BCUT2D eigenvalue weighted by atomic mass is 10.1. The van der Waals surface area contributed by atoms with E-state index in [1.807, 2.05) is 26.0 Å². The molecule has 3 aromatic carbocycles. The molecule has 0 bridgehead atoms. The quantitative estimate of drug-likeness (QED) is 0.440. The van der Waals surface area contributed by atoms with Crippen LogP contribution in [0.3, 0.4) is 0 Å². The fourth-order valence-electron chi connectivity index (χ4n) is 4.07. The normalized spacial score (nSPS) is 14.4. The summed E-state index contributed by atoms with van der Waals surface area (Å²) in [4.78, 5) is 13.1. The van der Waals surface area contributed by atoms with Crippen molar-refractivity contribution in [3.8, 4) is 5.75 Å². The molecule has 0 spiro atoms. The van der Waals surface area contributed by atoms with Crippen molar-refractivity contribution in [3.63, 3.8) is 0 Å². The van der Waals surface area contributed by atoms with Crippen LogP contribution in [-0.4, -0.2) is 47.2 Å². The SMILES string of the molecule is COc1ccc(S(=O)(=O)N2CCCC2)cc1C(=O)Nc1ccc(S(=O)(=O)Nc2cc(C)ccc2C)cc1. The van der Waals surface area contributed by atoms with E-state index in [9.17, 15) is 21.6 Å². The summed E-state index contributed by atoms with van der Waals surface area (Å²) in [6.45, 7) is 4.59. The molecule has 3 aromatic rings. The average molecular weight is 544 g/mol. The predicted molar refractivity (Wildman–Crippen MR) is 142 cm³/mol. The summed E-state index contributed by atoms with van der Waals surface area (Å²) in [7, 11) is -6.17. The molecular weight excluding hydrogens is 514 g/mol. The van der Waals surface area contributed by atoms with Crippen molar-refractivity contribution < 1.29 is 26.4 Å². The number of hydrogen-bond donors (Lipinski definition) is 2. The molecule has 37 heavy (non-hydrogen) atoms. The van der Waals surface area contributed by atoms with Gasteiger partial charge < -0.3 is 10.1 Å². The Labute approximate surface area is 217 Å². The molecule has 0 atom stereocenters. The Bertz CT molecular complexity index is 1530. The molecule has 0 aromatic heterocycles. The van der Waals surface area contributed by atoms with Crippen LogP contribution in [-0.2, 0) is 20.0 Å². The molecule has 1 amide bonds. The summed E-state index contributed by atoms with van der Waals surface area (Å²) >= 11 is 0. The molecule has 1 saturated heterocycles. The maximum atomic E-state index is 13.1. The third kappa shape index (κ3) is 5.79. The van der Waals surface area contributed by atoms with Gasteiger partial charge in [-0.3, -0.25) is 9.52 Å². The number of sulfonamides is 2. The van der Waals surface area contributed by atoms with E-state index in [4.69, 9.17) is 4.74 Å². The van der Waals surface area contributed by atoms with Gasteiger partial charge in [0.25, 0.3) is 15.9 Å². The molecule has 2 N–H and O–H groups in total. The lowest BCUT2D eigenvalue weighted by Gasteiger charge is -2.17. The van der Waals surface area contributed by atoms with Crippen LogP contribution in [0.1, 0.15) is 34.3 Å². The van der Waals surface area contributed by atoms with Crippen molar-refractivity contribution in [2.45, 2.75) is 36.5 Å². The zero-order valence-electron chi connectivity index (χ0n) is 20.8. The molecule has 0 unspecified atom stereocenters. The summed E-state index contributed by atoms with van der Waals surface area (Å²) < 4.78 is 60.9. The lowest BCUT2D eigenvalue weighted by Crippen LogP contribution is -2.28. The number of benzene rings is 3. The van der Waals surface area contributed by atoms with Gasteiger partial charge in [0.1, 0.15) is 5.75 Å². The first-order valence-corrected chi connectivity index (χ1v) is 14.6. The highest BCUT2D eigenvalue weighted by atomic mass is 32.2. The van der Waals surface area contributed by atoms with Crippen molar-refractivity contribution >= 4 is 37.3 Å². The first-order valence-electron chi connectivity index (χ1n) is 11.7. The molecule has 9 nitrogen and oxygen atoms in total. The largest absolute Gasteiger partial charge is 0.496 e. The number of carbonyl (C=O) groups is 1. The molecule has 0 aliphatic carbocycles. The number of amides is 1. The van der Waals surface area contributed by atoms with Crippen molar-refractivity contribution in [2.75, 3.05) is 30.2 Å². The number of anilines is 2. The number of methoxy groups -OCH3 is 1. The molecule has 4 rings (SSSR count). The van der Waals surface area contributed by atoms with Gasteiger partial charge in [-0.1, -0.05) is 12.1 Å². The Morgan fingerprint density at radius 2 is 1.51 bits per heavy atom. The number of rotatable bonds is 8. The third-order valence-corrected chi connectivity index (χ3v) is 9.45. The minimum absolute atomic E-state index is 0.0132. The van der Waals surface area contributed by atoms with Gasteiger partial charge in [0, 0.05) is 18.8 Å². The van der Waals surface area contributed by atoms with E-state index in [2.05, 4.69) is 10.0 Å². The Morgan fingerprint density at radius 3 is 2.16 bits per heavy atom. The Balaban J connectivity index is 1.54. The molecule has 0 saturated carbocycles. The van der Waals surface area contributed by atoms with Crippen LogP contribution in [0.4, 0.5) is 11.4 Å². The summed E-state index contributed by atoms with van der Waals surface area (Å²) in [6.07, 6.45) is 1.60. The molecule has 196 valence electrons. The average Bonchev–Trinajstić information content (AvgIpc) is 3.42. The maximum Gasteiger partial charge on any atom is 0.261 e. The summed E-state index contributed by atoms with van der Waals surface area (Å²) in [5, 5.41) is 2.68. The van der Waals surface area contributed by atoms with E-state index in [1.54, 1.807) is 6.07 Å². The Hall–Kier alpha value is -3.41. The van der Waals surface area contributed by atoms with Gasteiger partial charge in [-0.05, 0) is 86.3 Å². The molecule has 1 aliphatic rings. The van der Waals surface area contributed by atoms with Crippen LogP contribution < -0.4 is 14.8 Å². The highest BCUT2D eigenvalue weighted by molar-refractivity contribution is 7.92. The fourth-order valence-corrected chi connectivity index (χ4v) is 6.73. The molecule has 1 heterocycles. The molecule has 11 heteroatoms. The predicted octanol–water partition coefficient (Wildman–Crippen LogP) is 4.15. The van der Waals surface area contributed by atoms with E-state index in [1.165, 1.54) is 53.9 Å². The van der Waals surface area contributed by atoms with Gasteiger partial charge in [-0.15, -0.1) is 0 Å². The van der Waals surface area contributed by atoms with Crippen molar-refractivity contribution in [2.24, 2.45) is 0 Å². The molecule has 1 fully saturated rings. The molecular formula is C26H29N3O6S2. The van der Waals surface area contributed by atoms with Crippen LogP contribution in [0.15, 0.2) is 70.5 Å². The van der Waals surface area contributed by atoms with Crippen LogP contribution in [0.5, 0.6) is 5.75 Å². The first-order chi connectivity index (χ1) is 17.5. The number of nitrogens with one attached hydrogen (secondary N) is 2. The number of ether oxygens (including phenoxy) is 1. The summed E-state index contributed by atoms with van der Waals surface area (Å²) in [5.41, 5.74) is 2.60. The minimum Gasteiger partial charge on any atom is -0.496 e. The van der Waals surface area contributed by atoms with Crippen LogP contribution >= 0.6 is 0 Å². The van der Waals surface area contributed by atoms with Crippen LogP contribution in [0.2, 0.25) is 0 Å². The van der Waals surface area contributed by atoms with Gasteiger partial charge in [-0.2, -0.15) is 4.31 Å². The van der Waals surface area contributed by atoms with Crippen LogP contribution in [0.25, 0.3) is 0 Å². The Morgan fingerprint density at radius 1 is 0.865 bits per heavy atom. The number of carbonyl (C=O) groups excluding carboxylic acids is 1. The minimum atomic E-state index is -3.84. The van der Waals surface area contributed by atoms with Gasteiger partial charge in [0.15, 0.2) is 0 Å². The monoisotopic (exact) mass is 543 g/mol. The highest BCUT2D eigenvalue weighted by Gasteiger charge is 2.28. The van der Waals surface area contributed by atoms with Crippen molar-refractivity contribution in [1.82, 2.24) is 4.31 Å². The van der Waals surface area contributed by atoms with E-state index < -0.39 is 26.0 Å². The van der Waals surface area contributed by atoms with E-state index in [-0.39, 0.29) is 21.1 Å². The number of nitrogens with zero attached hydrogens (tertiary/aromatic N) is 1. The molecule has 0 radical (unpaired) electrons. The van der Waals surface area contributed by atoms with Crippen molar-refractivity contribution in [1.29, 1.82) is 0 Å². The second-order valence-corrected chi connectivity index (χ2v) is 12.5. The van der Waals surface area contributed by atoms with E-state index in [0.717, 1.165) is 24.0 Å². The van der Waals surface area contributed by atoms with Crippen molar-refractivity contribution in [3.05, 3.63) is 77.4 Å². The zero-order valence-corrected chi connectivity index (χ0v) is 22.4. The molecule has 1 aliphatic heterocycles. The summed E-state index contributed by atoms with van der Waals surface area (Å²) in [5.74, 6) is -0.366. The zero-order chi connectivity index (χ0) is 26.8. The van der Waals surface area contributed by atoms with Crippen LogP contribution in [0, 0.1) is 13.8 Å². The maximum absolute atomic E-state index is 13.1. The van der Waals surface area contributed by atoms with Gasteiger partial charge >= 0.3 is 0 Å². The summed E-state index contributed by atoms with van der Waals surface area (Å²) in [6, 6.07) is 15.4. The third-order valence-electron chi connectivity index (χ3n) is 6.18. The lowest BCUT2D eigenvalue weighted by molar-refractivity contribution is 0.102. The fraction of sp³-hybridized carbons (Fsp3) is 0.269. The van der Waals surface area contributed by atoms with E-state index in [0.29, 0.717) is 24.5 Å². The van der Waals surface area contributed by atoms with Gasteiger partial charge in [0.05, 0.1) is 28.2 Å². The Kier molecular flexibility index (Phi) is 7.58. The highest BCUT2D eigenvalue weighted by Crippen LogP contribution is 2.28. The number of aryl methyl sites for hydroxylation is 2. The van der Waals surface area contributed by atoms with E-state index >= 15 is 0 Å². The second kappa shape index (κ2) is 10.5. The topological polar surface area (TPSA) is 122 Å². The number of hydrogen-bond acceptors (Lipinski definition) is 6. The standard InChI is InChI=1S/C26H29N3O6S2/c1-18-6-7-19(2)24(16-18)28-36(31,32)21-10-8-20(9-11-21)27-26(30)23-17-22(12-13-25(23)35-3)37(33,34)29-14-4-5-15-29/h6-13,16-17,28H,4-5,14-15H2,1-3H3,(H,27,30). The first kappa shape index (κ1) is 26.6. The smallest absolute Gasteiger partial charge is 0.261 e. The van der Waals surface area contributed by atoms with Gasteiger partial charge in [-0.25, -0.2) is 16.8 Å². The van der Waals surface area contributed by atoms with Gasteiger partial charge in [0.2, 0.25) is 10.0 Å².